The molecular weight excluding hydrogens is 444 g/mol. The number of ether oxygens (including phenoxy) is 3. The molecule has 1 heterocycles. The van der Waals surface area contributed by atoms with Crippen LogP contribution in [0.25, 0.3) is 0 Å². The van der Waals surface area contributed by atoms with Crippen molar-refractivity contribution in [3.63, 3.8) is 0 Å². The van der Waals surface area contributed by atoms with Crippen LogP contribution in [-0.2, 0) is 14.8 Å². The summed E-state index contributed by atoms with van der Waals surface area (Å²) in [5, 5.41) is 2.73. The normalized spacial score (nSPS) is 12.7. The molecule has 0 aromatic heterocycles. The Morgan fingerprint density at radius 3 is 2.30 bits per heavy atom. The summed E-state index contributed by atoms with van der Waals surface area (Å²) in [5.41, 5.74) is 1.87. The van der Waals surface area contributed by atoms with Gasteiger partial charge in [0.2, 0.25) is 5.91 Å². The summed E-state index contributed by atoms with van der Waals surface area (Å²) in [6, 6.07) is 18.1. The average molecular weight is 469 g/mol. The van der Waals surface area contributed by atoms with Gasteiger partial charge in [-0.05, 0) is 55.5 Å². The van der Waals surface area contributed by atoms with Crippen LogP contribution >= 0.6 is 0 Å². The number of rotatable bonds is 7. The highest BCUT2D eigenvalue weighted by atomic mass is 32.2. The van der Waals surface area contributed by atoms with E-state index in [1.165, 1.54) is 12.1 Å². The minimum atomic E-state index is -4.08. The number of fused-ring (bicyclic) bond motifs is 1. The number of nitrogens with zero attached hydrogens (tertiary/aromatic N) is 1. The van der Waals surface area contributed by atoms with E-state index in [0.29, 0.717) is 41.8 Å². The van der Waals surface area contributed by atoms with Crippen molar-refractivity contribution in [1.29, 1.82) is 0 Å². The molecule has 0 saturated carbocycles. The molecule has 0 unspecified atom stereocenters. The maximum absolute atomic E-state index is 13.6. The molecular formula is C24H24N2O6S. The largest absolute Gasteiger partial charge is 0.497 e. The molecule has 0 radical (unpaired) electrons. The first-order chi connectivity index (χ1) is 15.9. The van der Waals surface area contributed by atoms with Crippen LogP contribution in [-0.4, -0.2) is 41.2 Å². The number of carbonyl (C=O) groups excluding carboxylic acids is 1. The number of hydrogen-bond donors (Lipinski definition) is 1. The van der Waals surface area contributed by atoms with Crippen molar-refractivity contribution in [3.8, 4) is 17.2 Å². The van der Waals surface area contributed by atoms with E-state index in [4.69, 9.17) is 14.2 Å². The van der Waals surface area contributed by atoms with Gasteiger partial charge >= 0.3 is 0 Å². The fourth-order valence-electron chi connectivity index (χ4n) is 3.34. The van der Waals surface area contributed by atoms with E-state index >= 15 is 0 Å². The summed E-state index contributed by atoms with van der Waals surface area (Å²) < 4.78 is 44.4. The van der Waals surface area contributed by atoms with Gasteiger partial charge in [0.05, 0.1) is 17.7 Å². The minimum absolute atomic E-state index is 0.00423. The lowest BCUT2D eigenvalue weighted by Crippen LogP contribution is -2.38. The quantitative estimate of drug-likeness (QED) is 0.569. The summed E-state index contributed by atoms with van der Waals surface area (Å²) in [5.74, 6) is 1.01. The molecule has 1 N–H and O–H groups in total. The van der Waals surface area contributed by atoms with Crippen LogP contribution in [0.2, 0.25) is 0 Å². The monoisotopic (exact) mass is 468 g/mol. The molecule has 1 aliphatic heterocycles. The Kier molecular flexibility index (Phi) is 6.41. The van der Waals surface area contributed by atoms with E-state index in [-0.39, 0.29) is 4.90 Å². The molecule has 0 bridgehead atoms. The molecule has 3 aromatic carbocycles. The Labute approximate surface area is 192 Å². The van der Waals surface area contributed by atoms with Crippen LogP contribution in [0, 0.1) is 6.92 Å². The van der Waals surface area contributed by atoms with E-state index in [1.807, 2.05) is 6.92 Å². The number of carbonyl (C=O) groups is 1. The van der Waals surface area contributed by atoms with Crippen molar-refractivity contribution in [1.82, 2.24) is 0 Å². The van der Waals surface area contributed by atoms with Crippen molar-refractivity contribution < 1.29 is 27.4 Å². The lowest BCUT2D eigenvalue weighted by atomic mass is 10.2. The van der Waals surface area contributed by atoms with E-state index in [1.54, 1.807) is 61.7 Å². The Bertz CT molecular complexity index is 1240. The first kappa shape index (κ1) is 22.5. The lowest BCUT2D eigenvalue weighted by Gasteiger charge is -2.25. The SMILES string of the molecule is COc1ccc(NC(=O)CN(c2ccc(C)cc2)S(=O)(=O)c2ccc3c(c2)OCCO3)cc1. The zero-order chi connectivity index (χ0) is 23.4. The topological polar surface area (TPSA) is 94.2 Å². The van der Waals surface area contributed by atoms with Crippen molar-refractivity contribution >= 4 is 27.3 Å². The van der Waals surface area contributed by atoms with Crippen LogP contribution in [0.15, 0.2) is 71.6 Å². The first-order valence-electron chi connectivity index (χ1n) is 10.3. The number of sulfonamides is 1. The molecule has 4 rings (SSSR count). The van der Waals surface area contributed by atoms with Gasteiger partial charge in [0, 0.05) is 11.8 Å². The van der Waals surface area contributed by atoms with Gasteiger partial charge in [-0.2, -0.15) is 0 Å². The second-order valence-electron chi connectivity index (χ2n) is 7.43. The maximum atomic E-state index is 13.6. The zero-order valence-electron chi connectivity index (χ0n) is 18.3. The Balaban J connectivity index is 1.64. The van der Waals surface area contributed by atoms with Gasteiger partial charge in [-0.3, -0.25) is 9.10 Å². The highest BCUT2D eigenvalue weighted by molar-refractivity contribution is 7.92. The third-order valence-corrected chi connectivity index (χ3v) is 6.85. The Morgan fingerprint density at radius 1 is 0.970 bits per heavy atom. The summed E-state index contributed by atoms with van der Waals surface area (Å²) in [7, 11) is -2.53. The number of amides is 1. The van der Waals surface area contributed by atoms with Crippen LogP contribution < -0.4 is 23.8 Å². The lowest BCUT2D eigenvalue weighted by molar-refractivity contribution is -0.114. The van der Waals surface area contributed by atoms with Gasteiger partial charge in [-0.15, -0.1) is 0 Å². The first-order valence-corrected chi connectivity index (χ1v) is 11.7. The van der Waals surface area contributed by atoms with Crippen LogP contribution in [0.4, 0.5) is 11.4 Å². The van der Waals surface area contributed by atoms with E-state index < -0.39 is 22.5 Å². The zero-order valence-corrected chi connectivity index (χ0v) is 19.1. The van der Waals surface area contributed by atoms with Gasteiger partial charge < -0.3 is 19.5 Å². The molecule has 0 fully saturated rings. The van der Waals surface area contributed by atoms with Crippen LogP contribution in [0.3, 0.4) is 0 Å². The van der Waals surface area contributed by atoms with E-state index in [9.17, 15) is 13.2 Å². The van der Waals surface area contributed by atoms with Crippen molar-refractivity contribution in [3.05, 3.63) is 72.3 Å². The van der Waals surface area contributed by atoms with Crippen LogP contribution in [0.1, 0.15) is 5.56 Å². The molecule has 1 aliphatic rings. The third kappa shape index (κ3) is 5.04. The second-order valence-corrected chi connectivity index (χ2v) is 9.29. The fourth-order valence-corrected chi connectivity index (χ4v) is 4.78. The fraction of sp³-hybridized carbons (Fsp3) is 0.208. The van der Waals surface area contributed by atoms with Crippen molar-refractivity contribution in [2.45, 2.75) is 11.8 Å². The number of nitrogens with one attached hydrogen (secondary N) is 1. The van der Waals surface area contributed by atoms with Gasteiger partial charge in [0.25, 0.3) is 10.0 Å². The standard InChI is InChI=1S/C24H24N2O6S/c1-17-3-7-19(8-4-17)26(16-24(27)25-18-5-9-20(30-2)10-6-18)33(28,29)21-11-12-22-23(15-21)32-14-13-31-22/h3-12,15H,13-14,16H2,1-2H3,(H,25,27). The average Bonchev–Trinajstić information content (AvgIpc) is 2.83. The van der Waals surface area contributed by atoms with Crippen molar-refractivity contribution in [2.24, 2.45) is 0 Å². The Hall–Kier alpha value is -3.72. The summed E-state index contributed by atoms with van der Waals surface area (Å²) in [6.45, 7) is 2.23. The highest BCUT2D eigenvalue weighted by Crippen LogP contribution is 2.34. The van der Waals surface area contributed by atoms with E-state index in [2.05, 4.69) is 5.32 Å². The molecule has 0 atom stereocenters. The maximum Gasteiger partial charge on any atom is 0.264 e. The second kappa shape index (κ2) is 9.41. The molecule has 0 spiro atoms. The summed E-state index contributed by atoms with van der Waals surface area (Å²) in [4.78, 5) is 12.8. The minimum Gasteiger partial charge on any atom is -0.497 e. The summed E-state index contributed by atoms with van der Waals surface area (Å²) >= 11 is 0. The van der Waals surface area contributed by atoms with Crippen molar-refractivity contribution in [2.75, 3.05) is 36.5 Å². The number of benzene rings is 3. The number of aryl methyl sites for hydroxylation is 1. The predicted octanol–water partition coefficient (Wildman–Crippen LogP) is 3.61. The number of hydrogen-bond acceptors (Lipinski definition) is 6. The van der Waals surface area contributed by atoms with Gasteiger partial charge in [0.15, 0.2) is 11.5 Å². The van der Waals surface area contributed by atoms with Gasteiger partial charge in [-0.1, -0.05) is 17.7 Å². The number of anilines is 2. The molecule has 3 aromatic rings. The molecule has 0 aliphatic carbocycles. The molecule has 1 amide bonds. The highest BCUT2D eigenvalue weighted by Gasteiger charge is 2.29. The Morgan fingerprint density at radius 2 is 1.64 bits per heavy atom. The predicted molar refractivity (Wildman–Crippen MR) is 125 cm³/mol. The van der Waals surface area contributed by atoms with E-state index in [0.717, 1.165) is 9.87 Å². The third-order valence-electron chi connectivity index (χ3n) is 5.08. The molecule has 0 saturated heterocycles. The summed E-state index contributed by atoms with van der Waals surface area (Å²) in [6.07, 6.45) is 0. The molecule has 33 heavy (non-hydrogen) atoms. The van der Waals surface area contributed by atoms with Gasteiger partial charge in [0.1, 0.15) is 25.5 Å². The van der Waals surface area contributed by atoms with Gasteiger partial charge in [-0.25, -0.2) is 8.42 Å². The molecule has 9 heteroatoms. The molecule has 172 valence electrons. The number of methoxy groups -OCH3 is 1. The smallest absolute Gasteiger partial charge is 0.264 e. The molecule has 8 nitrogen and oxygen atoms in total. The van der Waals surface area contributed by atoms with Crippen LogP contribution in [0.5, 0.6) is 17.2 Å².